The second-order valence-corrected chi connectivity index (χ2v) is 3.72. The van der Waals surface area contributed by atoms with Gasteiger partial charge in [0.25, 0.3) is 0 Å². The zero-order valence-corrected chi connectivity index (χ0v) is 9.49. The van der Waals surface area contributed by atoms with Crippen molar-refractivity contribution in [3.8, 4) is 5.69 Å². The first-order valence-electron chi connectivity index (χ1n) is 5.38. The SMILES string of the molecule is OCC(O)CNc1ccc(-n2cncn2)c(F)c1. The third kappa shape index (κ3) is 2.82. The van der Waals surface area contributed by atoms with Crippen LogP contribution in [-0.2, 0) is 0 Å². The quantitative estimate of drug-likeness (QED) is 0.706. The molecule has 1 atom stereocenters. The summed E-state index contributed by atoms with van der Waals surface area (Å²) in [6.45, 7) is -0.189. The molecule has 2 aromatic rings. The topological polar surface area (TPSA) is 83.2 Å². The molecule has 0 bridgehead atoms. The highest BCUT2D eigenvalue weighted by atomic mass is 19.1. The van der Waals surface area contributed by atoms with E-state index in [-0.39, 0.29) is 13.2 Å². The van der Waals surface area contributed by atoms with Crippen LogP contribution in [-0.4, -0.2) is 44.2 Å². The number of nitrogens with one attached hydrogen (secondary N) is 1. The highest BCUT2D eigenvalue weighted by Crippen LogP contribution is 2.17. The van der Waals surface area contributed by atoms with Gasteiger partial charge in [-0.1, -0.05) is 0 Å². The van der Waals surface area contributed by atoms with Gasteiger partial charge < -0.3 is 15.5 Å². The number of anilines is 1. The fourth-order valence-corrected chi connectivity index (χ4v) is 1.44. The number of aliphatic hydroxyl groups excluding tert-OH is 2. The predicted molar refractivity (Wildman–Crippen MR) is 62.9 cm³/mol. The molecule has 7 heteroatoms. The van der Waals surface area contributed by atoms with E-state index in [1.165, 1.54) is 23.4 Å². The monoisotopic (exact) mass is 252 g/mol. The molecular formula is C11H13FN4O2. The lowest BCUT2D eigenvalue weighted by atomic mass is 10.2. The number of aromatic nitrogens is 3. The molecule has 0 saturated carbocycles. The highest BCUT2D eigenvalue weighted by molar-refractivity contribution is 5.49. The smallest absolute Gasteiger partial charge is 0.150 e. The summed E-state index contributed by atoms with van der Waals surface area (Å²) in [4.78, 5) is 3.74. The number of rotatable bonds is 5. The van der Waals surface area contributed by atoms with Crippen LogP contribution in [0.15, 0.2) is 30.9 Å². The summed E-state index contributed by atoms with van der Waals surface area (Å²) in [5.74, 6) is -0.455. The summed E-state index contributed by atoms with van der Waals surface area (Å²) < 4.78 is 15.1. The maximum Gasteiger partial charge on any atom is 0.150 e. The lowest BCUT2D eigenvalue weighted by Crippen LogP contribution is -2.23. The lowest BCUT2D eigenvalue weighted by Gasteiger charge is -2.11. The van der Waals surface area contributed by atoms with Crippen LogP contribution in [0.25, 0.3) is 5.69 Å². The van der Waals surface area contributed by atoms with Crippen LogP contribution in [0.1, 0.15) is 0 Å². The van der Waals surface area contributed by atoms with Gasteiger partial charge in [-0.2, -0.15) is 5.10 Å². The first kappa shape index (κ1) is 12.5. The predicted octanol–water partition coefficient (Wildman–Crippen LogP) is 0.172. The fourth-order valence-electron chi connectivity index (χ4n) is 1.44. The van der Waals surface area contributed by atoms with E-state index in [2.05, 4.69) is 15.4 Å². The minimum absolute atomic E-state index is 0.151. The van der Waals surface area contributed by atoms with E-state index >= 15 is 0 Å². The van der Waals surface area contributed by atoms with Crippen LogP contribution in [0, 0.1) is 5.82 Å². The largest absolute Gasteiger partial charge is 0.394 e. The molecule has 3 N–H and O–H groups in total. The van der Waals surface area contributed by atoms with E-state index in [0.29, 0.717) is 11.4 Å². The average molecular weight is 252 g/mol. The van der Waals surface area contributed by atoms with Crippen LogP contribution in [0.5, 0.6) is 0 Å². The normalized spacial score (nSPS) is 12.4. The van der Waals surface area contributed by atoms with E-state index in [1.807, 2.05) is 0 Å². The van der Waals surface area contributed by atoms with E-state index in [9.17, 15) is 4.39 Å². The molecule has 0 aliphatic carbocycles. The van der Waals surface area contributed by atoms with Crippen LogP contribution >= 0.6 is 0 Å². The molecule has 0 saturated heterocycles. The summed E-state index contributed by atoms with van der Waals surface area (Å²) in [6, 6.07) is 4.50. The maximum atomic E-state index is 13.8. The highest BCUT2D eigenvalue weighted by Gasteiger charge is 2.07. The summed E-state index contributed by atoms with van der Waals surface area (Å²) in [5, 5.41) is 24.5. The molecule has 6 nitrogen and oxygen atoms in total. The Kier molecular flexibility index (Phi) is 3.85. The van der Waals surface area contributed by atoms with Crippen LogP contribution in [0.3, 0.4) is 0 Å². The number of halogens is 1. The first-order valence-corrected chi connectivity index (χ1v) is 5.38. The summed E-state index contributed by atoms with van der Waals surface area (Å²) in [6.07, 6.45) is 1.85. The Labute approximate surface area is 103 Å². The third-order valence-electron chi connectivity index (χ3n) is 2.37. The number of benzene rings is 1. The van der Waals surface area contributed by atoms with Crippen molar-refractivity contribution >= 4 is 5.69 Å². The maximum absolute atomic E-state index is 13.8. The van der Waals surface area contributed by atoms with Crippen molar-refractivity contribution in [3.05, 3.63) is 36.7 Å². The van der Waals surface area contributed by atoms with Gasteiger partial charge in [0.2, 0.25) is 0 Å². The van der Waals surface area contributed by atoms with Crippen molar-refractivity contribution in [2.45, 2.75) is 6.10 Å². The minimum Gasteiger partial charge on any atom is -0.394 e. The van der Waals surface area contributed by atoms with Gasteiger partial charge in [0, 0.05) is 12.2 Å². The molecule has 0 radical (unpaired) electrons. The molecule has 96 valence electrons. The van der Waals surface area contributed by atoms with Crippen molar-refractivity contribution < 1.29 is 14.6 Å². The Morgan fingerprint density at radius 3 is 2.89 bits per heavy atom. The van der Waals surface area contributed by atoms with Crippen molar-refractivity contribution in [2.75, 3.05) is 18.5 Å². The third-order valence-corrected chi connectivity index (χ3v) is 2.37. The van der Waals surface area contributed by atoms with Crippen LogP contribution in [0.4, 0.5) is 10.1 Å². The van der Waals surface area contributed by atoms with E-state index in [1.54, 1.807) is 12.1 Å². The number of nitrogens with zero attached hydrogens (tertiary/aromatic N) is 3. The zero-order valence-electron chi connectivity index (χ0n) is 9.49. The fraction of sp³-hybridized carbons (Fsp3) is 0.273. The van der Waals surface area contributed by atoms with E-state index < -0.39 is 11.9 Å². The molecule has 0 amide bonds. The molecule has 1 aromatic carbocycles. The molecule has 2 rings (SSSR count). The Hall–Kier alpha value is -1.99. The van der Waals surface area contributed by atoms with Gasteiger partial charge in [0.15, 0.2) is 5.82 Å². The molecule has 1 unspecified atom stereocenters. The summed E-state index contributed by atoms with van der Waals surface area (Å²) in [7, 11) is 0. The number of aliphatic hydroxyl groups is 2. The van der Waals surface area contributed by atoms with Gasteiger partial charge in [0.05, 0.1) is 12.7 Å². The second kappa shape index (κ2) is 5.56. The lowest BCUT2D eigenvalue weighted by molar-refractivity contribution is 0.105. The minimum atomic E-state index is -0.872. The Bertz CT molecular complexity index is 504. The molecule has 0 spiro atoms. The zero-order chi connectivity index (χ0) is 13.0. The molecule has 0 aliphatic heterocycles. The Morgan fingerprint density at radius 1 is 1.44 bits per heavy atom. The van der Waals surface area contributed by atoms with Gasteiger partial charge in [-0.3, -0.25) is 0 Å². The van der Waals surface area contributed by atoms with Gasteiger partial charge in [-0.25, -0.2) is 14.1 Å². The van der Waals surface area contributed by atoms with Crippen molar-refractivity contribution in [1.29, 1.82) is 0 Å². The number of hydrogen-bond acceptors (Lipinski definition) is 5. The van der Waals surface area contributed by atoms with Crippen molar-refractivity contribution in [1.82, 2.24) is 14.8 Å². The van der Waals surface area contributed by atoms with Gasteiger partial charge in [-0.05, 0) is 18.2 Å². The Morgan fingerprint density at radius 2 is 2.28 bits per heavy atom. The molecule has 18 heavy (non-hydrogen) atoms. The summed E-state index contributed by atoms with van der Waals surface area (Å²) >= 11 is 0. The van der Waals surface area contributed by atoms with Crippen LogP contribution in [0.2, 0.25) is 0 Å². The molecule has 1 aromatic heterocycles. The van der Waals surface area contributed by atoms with E-state index in [4.69, 9.17) is 10.2 Å². The van der Waals surface area contributed by atoms with Gasteiger partial charge in [0.1, 0.15) is 18.3 Å². The Balaban J connectivity index is 2.10. The first-order chi connectivity index (χ1) is 8.70. The standard InChI is InChI=1S/C11H13FN4O2/c12-10-3-8(14-4-9(18)5-17)1-2-11(10)16-7-13-6-15-16/h1-3,6-7,9,14,17-18H,4-5H2. The number of hydrogen-bond donors (Lipinski definition) is 3. The van der Waals surface area contributed by atoms with Crippen LogP contribution < -0.4 is 5.32 Å². The second-order valence-electron chi connectivity index (χ2n) is 3.72. The van der Waals surface area contributed by atoms with Crippen molar-refractivity contribution in [3.63, 3.8) is 0 Å². The average Bonchev–Trinajstić information content (AvgIpc) is 2.89. The van der Waals surface area contributed by atoms with Gasteiger partial charge >= 0.3 is 0 Å². The molecule has 0 aliphatic rings. The molecule has 1 heterocycles. The summed E-state index contributed by atoms with van der Waals surface area (Å²) in [5.41, 5.74) is 0.810. The van der Waals surface area contributed by atoms with E-state index in [0.717, 1.165) is 0 Å². The van der Waals surface area contributed by atoms with Crippen molar-refractivity contribution in [2.24, 2.45) is 0 Å². The van der Waals surface area contributed by atoms with Gasteiger partial charge in [-0.15, -0.1) is 0 Å². The molecule has 0 fully saturated rings. The molecular weight excluding hydrogens is 239 g/mol.